The first-order chi connectivity index (χ1) is 29.2. The predicted octanol–water partition coefficient (Wildman–Crippen LogP) is -2.74. The molecule has 20 nitrogen and oxygen atoms in total. The SMILES string of the molecule is CC[C@H]1O[C@@H](n2ccc(NC(C)=O)nc2=O)[C@@](C)(COC(=O)c2ccccc2)C1OC(=O)c1ccccc1.CO.C[C@]1(CO)C(O)[C@@H](CO)O[C@H]1n1ccc(N)nc1=O.C[O-].[Na+]. The Morgan fingerprint density at radius 1 is 0.823 bits per heavy atom. The molecule has 2 aromatic heterocycles. The molecule has 332 valence electrons. The van der Waals surface area contributed by atoms with E-state index < -0.39 is 84.2 Å². The molecule has 2 fully saturated rings. The van der Waals surface area contributed by atoms with E-state index in [9.17, 15) is 34.2 Å². The first kappa shape index (κ1) is 53.3. The number of carbonyl (C=O) groups excluding carboxylic acids is 3. The molecule has 7 N–H and O–H groups in total. The van der Waals surface area contributed by atoms with E-state index in [-0.39, 0.29) is 53.7 Å². The van der Waals surface area contributed by atoms with Gasteiger partial charge in [0, 0.05) is 26.4 Å². The quantitative estimate of drug-likeness (QED) is 0.0658. The van der Waals surface area contributed by atoms with Crippen LogP contribution in [-0.4, -0.2) is 116 Å². The van der Waals surface area contributed by atoms with Gasteiger partial charge in [-0.05, 0) is 49.7 Å². The molecule has 2 aliphatic heterocycles. The van der Waals surface area contributed by atoms with Crippen LogP contribution in [0.3, 0.4) is 0 Å². The van der Waals surface area contributed by atoms with Gasteiger partial charge in [0.25, 0.3) is 0 Å². The van der Waals surface area contributed by atoms with Crippen LogP contribution in [0.4, 0.5) is 11.6 Å². The third kappa shape index (κ3) is 12.4. The van der Waals surface area contributed by atoms with Gasteiger partial charge >= 0.3 is 52.9 Å². The number of aliphatic hydroxyl groups is 4. The van der Waals surface area contributed by atoms with Gasteiger partial charge in [-0.1, -0.05) is 50.2 Å². The Labute approximate surface area is 379 Å². The number of carbonyl (C=O) groups is 3. The van der Waals surface area contributed by atoms with Crippen molar-refractivity contribution in [3.05, 3.63) is 117 Å². The van der Waals surface area contributed by atoms with Crippen molar-refractivity contribution in [2.24, 2.45) is 10.8 Å². The summed E-state index contributed by atoms with van der Waals surface area (Å²) in [5.74, 6) is -1.34. The number of nitrogens with two attached hydrogens (primary N) is 1. The first-order valence-corrected chi connectivity index (χ1v) is 18.9. The minimum absolute atomic E-state index is 0. The van der Waals surface area contributed by atoms with E-state index in [2.05, 4.69) is 15.3 Å². The molecule has 0 saturated carbocycles. The van der Waals surface area contributed by atoms with Crippen molar-refractivity contribution in [2.75, 3.05) is 45.1 Å². The molecule has 2 aliphatic rings. The largest absolute Gasteiger partial charge is 1.00 e. The number of anilines is 2. The summed E-state index contributed by atoms with van der Waals surface area (Å²) in [6.45, 7) is 5.45. The standard InChI is InChI=1S/C28H29N3O7.C11H17N3O5.CH4O.CH3O.Na/c1-4-21-23(38-25(34)20-13-9-6-10-14-20)28(3,17-36-24(33)19-11-7-5-8-12-19)26(37-21)31-16-15-22(29-18(2)32)30-27(31)35;1-11(5-16)8(17)6(4-15)19-9(11)14-3-2-7(12)13-10(14)18;2*1-2;/h5-16,21,23,26H,4,17H2,1-3H3,(H,29,30,32,35);2-3,6,8-9,15-17H,4-5H2,1H3,(H2,12,13,18);2H,1H3;1H3;/q;;;-1;+1/t21-,23?,26-,28+;6-,8?,9-,11+;;;/m11.../s1. The second-order valence-electron chi connectivity index (χ2n) is 14.1. The van der Waals surface area contributed by atoms with Crippen molar-refractivity contribution in [3.63, 3.8) is 0 Å². The van der Waals surface area contributed by atoms with E-state index in [4.69, 9.17) is 40.0 Å². The van der Waals surface area contributed by atoms with E-state index in [0.29, 0.717) is 17.5 Å². The number of hydrogen-bond donors (Lipinski definition) is 6. The number of benzene rings is 2. The second kappa shape index (κ2) is 24.7. The summed E-state index contributed by atoms with van der Waals surface area (Å²) in [4.78, 5) is 69.6. The number of hydrogen-bond acceptors (Lipinski definition) is 17. The molecule has 2 unspecified atom stereocenters. The zero-order valence-corrected chi connectivity index (χ0v) is 37.6. The van der Waals surface area contributed by atoms with Crippen molar-refractivity contribution in [3.8, 4) is 0 Å². The van der Waals surface area contributed by atoms with Gasteiger partial charge in [-0.3, -0.25) is 13.9 Å². The maximum atomic E-state index is 13.1. The molecule has 1 amide bonds. The number of ether oxygens (including phenoxy) is 4. The second-order valence-corrected chi connectivity index (χ2v) is 14.1. The van der Waals surface area contributed by atoms with Crippen molar-refractivity contribution < 1.29 is 88.4 Å². The fourth-order valence-corrected chi connectivity index (χ4v) is 6.76. The summed E-state index contributed by atoms with van der Waals surface area (Å²) in [7, 11) is 1.75. The zero-order valence-electron chi connectivity index (χ0n) is 35.6. The summed E-state index contributed by atoms with van der Waals surface area (Å²) in [5, 5.41) is 46.5. The van der Waals surface area contributed by atoms with E-state index >= 15 is 0 Å². The topological polar surface area (TPSA) is 300 Å². The van der Waals surface area contributed by atoms with Crippen molar-refractivity contribution in [1.82, 2.24) is 19.1 Å². The summed E-state index contributed by atoms with van der Waals surface area (Å²) in [6.07, 6.45) is -2.07. The molecule has 4 heterocycles. The molecule has 0 aliphatic carbocycles. The number of nitrogens with zero attached hydrogens (tertiary/aromatic N) is 4. The molecule has 8 atom stereocenters. The maximum Gasteiger partial charge on any atom is 1.00 e. The first-order valence-electron chi connectivity index (χ1n) is 18.9. The van der Waals surface area contributed by atoms with E-state index in [1.165, 1.54) is 36.0 Å². The van der Waals surface area contributed by atoms with E-state index in [1.54, 1.807) is 74.5 Å². The normalized spacial score (nSPS) is 24.6. The molecule has 62 heavy (non-hydrogen) atoms. The van der Waals surface area contributed by atoms with Crippen molar-refractivity contribution in [2.45, 2.75) is 71.0 Å². The van der Waals surface area contributed by atoms with Crippen LogP contribution in [0.2, 0.25) is 0 Å². The Kier molecular flexibility index (Phi) is 21.2. The summed E-state index contributed by atoms with van der Waals surface area (Å²) < 4.78 is 25.8. The van der Waals surface area contributed by atoms with Crippen LogP contribution in [0.15, 0.2) is 94.8 Å². The van der Waals surface area contributed by atoms with Gasteiger partial charge < -0.3 is 55.5 Å². The number of nitrogen functional groups attached to an aromatic ring is 1. The van der Waals surface area contributed by atoms with E-state index in [0.717, 1.165) is 18.8 Å². The Bertz CT molecular complexity index is 2160. The van der Waals surface area contributed by atoms with Gasteiger partial charge in [0.15, 0.2) is 6.23 Å². The Balaban J connectivity index is 0.000000463. The van der Waals surface area contributed by atoms with Crippen LogP contribution in [0, 0.1) is 10.8 Å². The summed E-state index contributed by atoms with van der Waals surface area (Å²) in [6, 6.07) is 19.9. The molecule has 0 radical (unpaired) electrons. The van der Waals surface area contributed by atoms with Gasteiger partial charge in [-0.2, -0.15) is 17.1 Å². The molecule has 4 aromatic rings. The summed E-state index contributed by atoms with van der Waals surface area (Å²) >= 11 is 0. The Morgan fingerprint density at radius 2 is 1.32 bits per heavy atom. The maximum absolute atomic E-state index is 13.1. The number of aliphatic hydroxyl groups excluding tert-OH is 4. The molecule has 0 bridgehead atoms. The van der Waals surface area contributed by atoms with Crippen molar-refractivity contribution in [1.29, 1.82) is 0 Å². The number of amides is 1. The number of aromatic nitrogens is 4. The smallest absolute Gasteiger partial charge is 0.857 e. The van der Waals surface area contributed by atoms with Crippen LogP contribution >= 0.6 is 0 Å². The molecule has 0 spiro atoms. The predicted molar refractivity (Wildman–Crippen MR) is 217 cm³/mol. The molecule has 6 rings (SSSR count). The molecule has 21 heteroatoms. The minimum Gasteiger partial charge on any atom is -0.857 e. The van der Waals surface area contributed by atoms with Crippen LogP contribution in [0.1, 0.15) is 67.3 Å². The van der Waals surface area contributed by atoms with Crippen LogP contribution in [0.25, 0.3) is 0 Å². The molecular weight excluding hydrogens is 823 g/mol. The fourth-order valence-electron chi connectivity index (χ4n) is 6.76. The minimum atomic E-state index is -1.17. The van der Waals surface area contributed by atoms with Gasteiger partial charge in [-0.25, -0.2) is 19.2 Å². The third-order valence-electron chi connectivity index (χ3n) is 9.93. The van der Waals surface area contributed by atoms with Crippen LogP contribution in [-0.2, 0) is 23.7 Å². The summed E-state index contributed by atoms with van der Waals surface area (Å²) in [5.41, 5.74) is 2.50. The van der Waals surface area contributed by atoms with Crippen LogP contribution in [0.5, 0.6) is 0 Å². The van der Waals surface area contributed by atoms with Crippen LogP contribution < -0.4 is 57.1 Å². The third-order valence-corrected chi connectivity index (χ3v) is 9.93. The average Bonchev–Trinajstić information content (AvgIpc) is 3.69. The van der Waals surface area contributed by atoms with Gasteiger partial charge in [0.1, 0.15) is 36.7 Å². The zero-order chi connectivity index (χ0) is 45.5. The van der Waals surface area contributed by atoms with E-state index in [1.807, 2.05) is 6.92 Å². The average molecular weight is 877 g/mol. The monoisotopic (exact) mass is 876 g/mol. The number of esters is 2. The van der Waals surface area contributed by atoms with Crippen molar-refractivity contribution >= 4 is 29.5 Å². The van der Waals surface area contributed by atoms with Gasteiger partial charge in [0.2, 0.25) is 5.91 Å². The number of nitrogens with one attached hydrogen (secondary N) is 1. The van der Waals surface area contributed by atoms with Gasteiger partial charge in [-0.15, -0.1) is 0 Å². The molecule has 2 aromatic carbocycles. The Morgan fingerprint density at radius 3 is 1.81 bits per heavy atom. The number of rotatable bonds is 11. The fraction of sp³-hybridized carbons (Fsp3) is 0.439. The molecule has 2 saturated heterocycles. The van der Waals surface area contributed by atoms with Gasteiger partial charge in [0.05, 0.1) is 47.4 Å². The Hall–Kier alpha value is -4.87. The molecular formula is C41H53N6NaO14.